The van der Waals surface area contributed by atoms with Crippen LogP contribution in [0.25, 0.3) is 10.8 Å². The maximum Gasteiger partial charge on any atom is 0.352 e. The van der Waals surface area contributed by atoms with Crippen LogP contribution in [0.3, 0.4) is 0 Å². The highest BCUT2D eigenvalue weighted by atomic mass is 16.5. The molecule has 0 saturated carbocycles. The number of carboxylic acid groups (broad SMARTS) is 1. The molecule has 1 amide bonds. The third kappa shape index (κ3) is 2.90. The van der Waals surface area contributed by atoms with Crippen LogP contribution < -0.4 is 4.74 Å². The molecular formula is C23H25NO5. The Morgan fingerprint density at radius 2 is 1.90 bits per heavy atom. The van der Waals surface area contributed by atoms with Crippen molar-refractivity contribution in [3.63, 3.8) is 0 Å². The predicted octanol–water partition coefficient (Wildman–Crippen LogP) is 2.98. The molecule has 2 aliphatic rings. The summed E-state index contributed by atoms with van der Waals surface area (Å²) in [5.74, 6) is -1.54. The number of carbonyl (C=O) groups is 2. The van der Waals surface area contributed by atoms with Gasteiger partial charge in [-0.2, -0.15) is 0 Å². The van der Waals surface area contributed by atoms with Gasteiger partial charge < -0.3 is 19.8 Å². The first-order valence-electron chi connectivity index (χ1n) is 9.97. The molecule has 1 saturated heterocycles. The number of carbonyl (C=O) groups excluding carboxylic acids is 1. The molecule has 29 heavy (non-hydrogen) atoms. The molecule has 0 aromatic heterocycles. The molecule has 2 heterocycles. The highest BCUT2D eigenvalue weighted by molar-refractivity contribution is 6.00. The topological polar surface area (TPSA) is 87.1 Å². The molecule has 4 atom stereocenters. The molecule has 2 aliphatic heterocycles. The van der Waals surface area contributed by atoms with Crippen molar-refractivity contribution in [1.82, 2.24) is 4.90 Å². The maximum absolute atomic E-state index is 12.4. The number of hydrogen-bond acceptors (Lipinski definition) is 4. The first-order valence-corrected chi connectivity index (χ1v) is 9.97. The van der Waals surface area contributed by atoms with Crippen molar-refractivity contribution in [2.24, 2.45) is 11.8 Å². The van der Waals surface area contributed by atoms with Crippen molar-refractivity contribution in [2.75, 3.05) is 6.61 Å². The van der Waals surface area contributed by atoms with Crippen LogP contribution in [-0.2, 0) is 16.0 Å². The van der Waals surface area contributed by atoms with Gasteiger partial charge in [-0.25, -0.2) is 4.79 Å². The first-order chi connectivity index (χ1) is 13.9. The minimum atomic E-state index is -1.14. The van der Waals surface area contributed by atoms with E-state index < -0.39 is 18.0 Å². The lowest BCUT2D eigenvalue weighted by atomic mass is 9.78. The van der Waals surface area contributed by atoms with E-state index in [9.17, 15) is 19.8 Å². The molecule has 0 unspecified atom stereocenters. The van der Waals surface area contributed by atoms with Crippen LogP contribution in [-0.4, -0.2) is 45.7 Å². The minimum absolute atomic E-state index is 0.00103. The van der Waals surface area contributed by atoms with E-state index in [1.165, 1.54) is 10.5 Å². The highest BCUT2D eigenvalue weighted by Crippen LogP contribution is 2.47. The third-order valence-electron chi connectivity index (χ3n) is 6.25. The number of rotatable bonds is 6. The number of β-lactam (4-membered cyclic amide) rings is 1. The summed E-state index contributed by atoms with van der Waals surface area (Å²) in [6.45, 7) is 5.66. The van der Waals surface area contributed by atoms with E-state index in [1.807, 2.05) is 31.2 Å². The average molecular weight is 395 g/mol. The average Bonchev–Trinajstić information content (AvgIpc) is 2.94. The monoisotopic (exact) mass is 395 g/mol. The molecule has 0 spiro atoms. The van der Waals surface area contributed by atoms with Gasteiger partial charge >= 0.3 is 5.97 Å². The molecular weight excluding hydrogens is 370 g/mol. The number of aliphatic carboxylic acids is 1. The Labute approximate surface area is 169 Å². The molecule has 2 aromatic carbocycles. The number of carboxylic acids is 1. The molecule has 2 N–H and O–H groups in total. The van der Waals surface area contributed by atoms with E-state index in [2.05, 4.69) is 19.1 Å². The van der Waals surface area contributed by atoms with Gasteiger partial charge in [0.25, 0.3) is 0 Å². The van der Waals surface area contributed by atoms with E-state index in [-0.39, 0.29) is 30.2 Å². The number of aliphatic hydroxyl groups is 1. The first kappa shape index (κ1) is 19.5. The number of aryl methyl sites for hydroxylation is 1. The zero-order valence-electron chi connectivity index (χ0n) is 16.8. The number of fused-ring (bicyclic) bond motifs is 2. The van der Waals surface area contributed by atoms with Gasteiger partial charge in [0.15, 0.2) is 0 Å². The molecule has 152 valence electrons. The number of ether oxygens (including phenoxy) is 1. The molecule has 6 nitrogen and oxygen atoms in total. The zero-order valence-corrected chi connectivity index (χ0v) is 16.8. The van der Waals surface area contributed by atoms with Crippen molar-refractivity contribution in [1.29, 1.82) is 0 Å². The Morgan fingerprint density at radius 1 is 1.21 bits per heavy atom. The van der Waals surface area contributed by atoms with Crippen molar-refractivity contribution in [3.05, 3.63) is 53.2 Å². The van der Waals surface area contributed by atoms with E-state index in [1.54, 1.807) is 6.92 Å². The van der Waals surface area contributed by atoms with Gasteiger partial charge in [0.05, 0.1) is 18.1 Å². The summed E-state index contributed by atoms with van der Waals surface area (Å²) in [4.78, 5) is 25.7. The number of hydrogen-bond donors (Lipinski definition) is 2. The van der Waals surface area contributed by atoms with Crippen LogP contribution in [0.15, 0.2) is 47.7 Å². The Morgan fingerprint density at radius 3 is 2.55 bits per heavy atom. The summed E-state index contributed by atoms with van der Waals surface area (Å²) in [5.41, 5.74) is 1.81. The van der Waals surface area contributed by atoms with E-state index in [0.717, 1.165) is 17.2 Å². The largest absolute Gasteiger partial charge is 0.488 e. The molecule has 0 aliphatic carbocycles. The number of amides is 1. The summed E-state index contributed by atoms with van der Waals surface area (Å²) in [5, 5.41) is 21.8. The summed E-state index contributed by atoms with van der Waals surface area (Å²) in [6, 6.07) is 11.6. The van der Waals surface area contributed by atoms with Crippen LogP contribution in [0, 0.1) is 11.8 Å². The van der Waals surface area contributed by atoms with Gasteiger partial charge in [-0.1, -0.05) is 44.2 Å². The van der Waals surface area contributed by atoms with Crippen molar-refractivity contribution < 1.29 is 24.5 Å². The van der Waals surface area contributed by atoms with E-state index >= 15 is 0 Å². The second-order valence-corrected chi connectivity index (χ2v) is 7.84. The van der Waals surface area contributed by atoms with Gasteiger partial charge in [-0.15, -0.1) is 0 Å². The Kier molecular flexibility index (Phi) is 4.82. The number of benzene rings is 2. The number of nitrogens with zero attached hydrogens (tertiary/aromatic N) is 1. The van der Waals surface area contributed by atoms with Crippen LogP contribution in [0.1, 0.15) is 26.3 Å². The Balaban J connectivity index is 1.66. The van der Waals surface area contributed by atoms with E-state index in [0.29, 0.717) is 11.3 Å². The van der Waals surface area contributed by atoms with Crippen LogP contribution in [0.2, 0.25) is 0 Å². The van der Waals surface area contributed by atoms with Gasteiger partial charge in [-0.3, -0.25) is 4.79 Å². The molecule has 0 radical (unpaired) electrons. The quantitative estimate of drug-likeness (QED) is 0.735. The number of aliphatic hydroxyl groups excluding tert-OH is 1. The normalized spacial score (nSPS) is 24.5. The van der Waals surface area contributed by atoms with Crippen molar-refractivity contribution in [2.45, 2.75) is 39.3 Å². The van der Waals surface area contributed by atoms with Gasteiger partial charge in [0.1, 0.15) is 18.1 Å². The zero-order chi connectivity index (χ0) is 20.9. The third-order valence-corrected chi connectivity index (χ3v) is 6.25. The van der Waals surface area contributed by atoms with Crippen LogP contribution in [0.5, 0.6) is 5.75 Å². The lowest BCUT2D eigenvalue weighted by Crippen LogP contribution is -2.63. The molecule has 2 aromatic rings. The highest BCUT2D eigenvalue weighted by Gasteiger charge is 2.59. The Hall–Kier alpha value is -2.86. The molecule has 6 heteroatoms. The fraction of sp³-hybridized carbons (Fsp3) is 0.391. The van der Waals surface area contributed by atoms with Gasteiger partial charge in [0, 0.05) is 16.9 Å². The molecule has 1 fully saturated rings. The Bertz CT molecular complexity index is 1030. The van der Waals surface area contributed by atoms with Gasteiger partial charge in [0.2, 0.25) is 5.91 Å². The standard InChI is InChI=1S/C23H25NO5/c1-4-14-7-5-9-16-15(14)8-6-10-18(16)29-11-17-12(2)20-19(13(3)25)22(26)24(20)21(17)23(27)28/h5-10,12-13,19-20,25H,4,11H2,1-3H3,(H,27,28)/t12-,13+,19+,20+/m0/s1. The smallest absolute Gasteiger partial charge is 0.352 e. The summed E-state index contributed by atoms with van der Waals surface area (Å²) in [7, 11) is 0. The second kappa shape index (κ2) is 7.19. The SMILES string of the molecule is CCc1cccc2c(OCC3=C(C(=O)O)N4C(=O)[C@H]([C@@H](C)O)[C@H]4[C@H]3C)cccc12. The van der Waals surface area contributed by atoms with Gasteiger partial charge in [-0.05, 0) is 30.4 Å². The fourth-order valence-corrected chi connectivity index (χ4v) is 4.77. The lowest BCUT2D eigenvalue weighted by molar-refractivity contribution is -0.163. The maximum atomic E-state index is 12.4. The summed E-state index contributed by atoms with van der Waals surface area (Å²) >= 11 is 0. The van der Waals surface area contributed by atoms with Crippen molar-refractivity contribution in [3.8, 4) is 5.75 Å². The lowest BCUT2D eigenvalue weighted by Gasteiger charge is -2.46. The molecule has 4 rings (SSSR count). The minimum Gasteiger partial charge on any atom is -0.488 e. The summed E-state index contributed by atoms with van der Waals surface area (Å²) in [6.07, 6.45) is 0.0954. The second-order valence-electron chi connectivity index (χ2n) is 7.84. The molecule has 0 bridgehead atoms. The predicted molar refractivity (Wildman–Crippen MR) is 108 cm³/mol. The van der Waals surface area contributed by atoms with E-state index in [4.69, 9.17) is 4.74 Å². The summed E-state index contributed by atoms with van der Waals surface area (Å²) < 4.78 is 6.09. The van der Waals surface area contributed by atoms with Crippen LogP contribution >= 0.6 is 0 Å². The van der Waals surface area contributed by atoms with Crippen molar-refractivity contribution >= 4 is 22.6 Å². The van der Waals surface area contributed by atoms with Crippen LogP contribution in [0.4, 0.5) is 0 Å². The fourth-order valence-electron chi connectivity index (χ4n) is 4.77.